The molecule has 144 valence electrons. The van der Waals surface area contributed by atoms with E-state index in [2.05, 4.69) is 10.6 Å². The Morgan fingerprint density at radius 3 is 2.37 bits per heavy atom. The van der Waals surface area contributed by atoms with Gasteiger partial charge >= 0.3 is 0 Å². The van der Waals surface area contributed by atoms with Gasteiger partial charge in [0.25, 0.3) is 0 Å². The lowest BCUT2D eigenvalue weighted by molar-refractivity contribution is -0.122. The van der Waals surface area contributed by atoms with E-state index in [4.69, 9.17) is 27.9 Å². The highest BCUT2D eigenvalue weighted by Gasteiger charge is 2.21. The summed E-state index contributed by atoms with van der Waals surface area (Å²) in [6, 6.07) is 11.3. The standard InChI is InChI=1S/C19H21Cl2N3O3/c1-12(19(26)23-17-9-4-13(20)10-16(17)21)24(2)11-18(25)22-14-5-7-15(27-3)8-6-14/h4-10,12H,11H2,1-3H3,(H,22,25)(H,23,26)/t12-/m0/s1. The second-order valence-corrected chi connectivity index (χ2v) is 6.82. The first-order chi connectivity index (χ1) is 12.8. The first-order valence-electron chi connectivity index (χ1n) is 8.20. The van der Waals surface area contributed by atoms with Gasteiger partial charge in [-0.1, -0.05) is 23.2 Å². The van der Waals surface area contributed by atoms with E-state index in [0.29, 0.717) is 27.2 Å². The van der Waals surface area contributed by atoms with E-state index in [-0.39, 0.29) is 18.4 Å². The molecule has 0 saturated carbocycles. The molecule has 8 heteroatoms. The molecule has 0 aliphatic carbocycles. The van der Waals surface area contributed by atoms with Gasteiger partial charge in [-0.25, -0.2) is 0 Å². The molecule has 1 atom stereocenters. The van der Waals surface area contributed by atoms with Crippen LogP contribution in [0.3, 0.4) is 0 Å². The number of benzene rings is 2. The van der Waals surface area contributed by atoms with Crippen LogP contribution in [0.2, 0.25) is 10.0 Å². The molecule has 2 rings (SSSR count). The van der Waals surface area contributed by atoms with Crippen molar-refractivity contribution in [2.24, 2.45) is 0 Å². The SMILES string of the molecule is COc1ccc(NC(=O)CN(C)[C@@H](C)C(=O)Nc2ccc(Cl)cc2Cl)cc1. The minimum atomic E-state index is -0.543. The van der Waals surface area contributed by atoms with Crippen molar-refractivity contribution >= 4 is 46.4 Å². The highest BCUT2D eigenvalue weighted by atomic mass is 35.5. The van der Waals surface area contributed by atoms with Gasteiger partial charge in [0, 0.05) is 10.7 Å². The van der Waals surface area contributed by atoms with Crippen LogP contribution in [0.5, 0.6) is 5.75 Å². The molecule has 0 spiro atoms. The quantitative estimate of drug-likeness (QED) is 0.727. The number of methoxy groups -OCH3 is 1. The molecular formula is C19H21Cl2N3O3. The molecule has 27 heavy (non-hydrogen) atoms. The minimum absolute atomic E-state index is 0.0506. The number of nitrogens with zero attached hydrogens (tertiary/aromatic N) is 1. The summed E-state index contributed by atoms with van der Waals surface area (Å²) in [5.74, 6) is 0.196. The van der Waals surface area contributed by atoms with Crippen molar-refractivity contribution in [2.75, 3.05) is 31.3 Å². The Balaban J connectivity index is 1.90. The lowest BCUT2D eigenvalue weighted by atomic mass is 10.2. The predicted octanol–water partition coefficient (Wildman–Crippen LogP) is 3.90. The number of carbonyl (C=O) groups excluding carboxylic acids is 2. The Kier molecular flexibility index (Phi) is 7.47. The first kappa shape index (κ1) is 21.0. The molecule has 2 N–H and O–H groups in total. The van der Waals surface area contributed by atoms with Gasteiger partial charge in [0.1, 0.15) is 5.75 Å². The third kappa shape index (κ3) is 6.13. The van der Waals surface area contributed by atoms with Gasteiger partial charge in [0.2, 0.25) is 11.8 Å². The topological polar surface area (TPSA) is 70.7 Å². The predicted molar refractivity (Wildman–Crippen MR) is 109 cm³/mol. The van der Waals surface area contributed by atoms with Crippen molar-refractivity contribution in [1.29, 1.82) is 0 Å². The van der Waals surface area contributed by atoms with Gasteiger partial charge in [0.15, 0.2) is 0 Å². The molecule has 0 saturated heterocycles. The molecule has 0 fully saturated rings. The average Bonchev–Trinajstić information content (AvgIpc) is 2.63. The number of carbonyl (C=O) groups is 2. The molecular weight excluding hydrogens is 389 g/mol. The Labute approximate surface area is 168 Å². The number of halogens is 2. The molecule has 2 aromatic rings. The smallest absolute Gasteiger partial charge is 0.241 e. The number of rotatable bonds is 7. The molecule has 0 heterocycles. The third-order valence-corrected chi connectivity index (χ3v) is 4.54. The van der Waals surface area contributed by atoms with Crippen LogP contribution in [0.25, 0.3) is 0 Å². The summed E-state index contributed by atoms with van der Waals surface area (Å²) in [6.45, 7) is 1.76. The summed E-state index contributed by atoms with van der Waals surface area (Å²) in [6.07, 6.45) is 0. The van der Waals surface area contributed by atoms with Crippen LogP contribution in [0.15, 0.2) is 42.5 Å². The summed E-state index contributed by atoms with van der Waals surface area (Å²) in [7, 11) is 3.27. The van der Waals surface area contributed by atoms with Crippen LogP contribution in [0.1, 0.15) is 6.92 Å². The Morgan fingerprint density at radius 2 is 1.78 bits per heavy atom. The zero-order valence-electron chi connectivity index (χ0n) is 15.3. The third-order valence-electron chi connectivity index (χ3n) is 4.00. The van der Waals surface area contributed by atoms with Crippen LogP contribution in [0, 0.1) is 0 Å². The Hall–Kier alpha value is -2.28. The Morgan fingerprint density at radius 1 is 1.11 bits per heavy atom. The highest BCUT2D eigenvalue weighted by molar-refractivity contribution is 6.36. The fourth-order valence-electron chi connectivity index (χ4n) is 2.27. The van der Waals surface area contributed by atoms with Crippen molar-refractivity contribution in [3.05, 3.63) is 52.5 Å². The van der Waals surface area contributed by atoms with Gasteiger partial charge < -0.3 is 15.4 Å². The van der Waals surface area contributed by atoms with Gasteiger partial charge in [-0.3, -0.25) is 14.5 Å². The number of ether oxygens (including phenoxy) is 1. The molecule has 6 nitrogen and oxygen atoms in total. The normalized spacial score (nSPS) is 11.8. The molecule has 0 aliphatic rings. The van der Waals surface area contributed by atoms with E-state index in [1.54, 1.807) is 68.4 Å². The minimum Gasteiger partial charge on any atom is -0.497 e. The lowest BCUT2D eigenvalue weighted by Crippen LogP contribution is -2.43. The summed E-state index contributed by atoms with van der Waals surface area (Å²) in [4.78, 5) is 26.3. The van der Waals surface area contributed by atoms with Crippen LogP contribution in [-0.4, -0.2) is 43.5 Å². The van der Waals surface area contributed by atoms with Gasteiger partial charge in [-0.2, -0.15) is 0 Å². The van der Waals surface area contributed by atoms with E-state index in [0.717, 1.165) is 0 Å². The van der Waals surface area contributed by atoms with E-state index >= 15 is 0 Å². The molecule has 0 aliphatic heterocycles. The van der Waals surface area contributed by atoms with Crippen molar-refractivity contribution in [2.45, 2.75) is 13.0 Å². The molecule has 0 unspecified atom stereocenters. The zero-order valence-corrected chi connectivity index (χ0v) is 16.8. The second kappa shape index (κ2) is 9.60. The fourth-order valence-corrected chi connectivity index (χ4v) is 2.72. The maximum absolute atomic E-state index is 12.4. The van der Waals surface area contributed by atoms with Crippen LogP contribution < -0.4 is 15.4 Å². The number of hydrogen-bond acceptors (Lipinski definition) is 4. The number of likely N-dealkylation sites (N-methyl/N-ethyl adjacent to an activating group) is 1. The van der Waals surface area contributed by atoms with Crippen molar-refractivity contribution in [3.63, 3.8) is 0 Å². The molecule has 2 amide bonds. The summed E-state index contributed by atoms with van der Waals surface area (Å²) in [5.41, 5.74) is 1.12. The zero-order chi connectivity index (χ0) is 20.0. The summed E-state index contributed by atoms with van der Waals surface area (Å²) < 4.78 is 5.08. The van der Waals surface area contributed by atoms with Gasteiger partial charge in [0.05, 0.1) is 30.4 Å². The largest absolute Gasteiger partial charge is 0.497 e. The van der Waals surface area contributed by atoms with Crippen LogP contribution in [0.4, 0.5) is 11.4 Å². The molecule has 0 bridgehead atoms. The number of anilines is 2. The highest BCUT2D eigenvalue weighted by Crippen LogP contribution is 2.25. The van der Waals surface area contributed by atoms with Gasteiger partial charge in [-0.15, -0.1) is 0 Å². The van der Waals surface area contributed by atoms with Crippen molar-refractivity contribution < 1.29 is 14.3 Å². The summed E-state index contributed by atoms with van der Waals surface area (Å²) in [5, 5.41) is 6.35. The van der Waals surface area contributed by atoms with Crippen molar-refractivity contribution in [3.8, 4) is 5.75 Å². The second-order valence-electron chi connectivity index (χ2n) is 5.98. The molecule has 2 aromatic carbocycles. The van der Waals surface area contributed by atoms with Crippen LogP contribution in [-0.2, 0) is 9.59 Å². The Bertz CT molecular complexity index is 812. The number of hydrogen-bond donors (Lipinski definition) is 2. The van der Waals surface area contributed by atoms with E-state index in [1.165, 1.54) is 0 Å². The fraction of sp³-hybridized carbons (Fsp3) is 0.263. The van der Waals surface area contributed by atoms with E-state index in [1.807, 2.05) is 0 Å². The maximum atomic E-state index is 12.4. The number of amides is 2. The number of nitrogens with one attached hydrogen (secondary N) is 2. The van der Waals surface area contributed by atoms with E-state index in [9.17, 15) is 9.59 Å². The van der Waals surface area contributed by atoms with Crippen molar-refractivity contribution in [1.82, 2.24) is 4.90 Å². The van der Waals surface area contributed by atoms with Crippen LogP contribution >= 0.6 is 23.2 Å². The maximum Gasteiger partial charge on any atom is 0.241 e. The molecule has 0 radical (unpaired) electrons. The lowest BCUT2D eigenvalue weighted by Gasteiger charge is -2.23. The first-order valence-corrected chi connectivity index (χ1v) is 8.96. The monoisotopic (exact) mass is 409 g/mol. The molecule has 0 aromatic heterocycles. The van der Waals surface area contributed by atoms with E-state index < -0.39 is 6.04 Å². The average molecular weight is 410 g/mol. The summed E-state index contributed by atoms with van der Waals surface area (Å²) >= 11 is 11.9. The van der Waals surface area contributed by atoms with Gasteiger partial charge in [-0.05, 0) is 56.4 Å².